The van der Waals surface area contributed by atoms with Gasteiger partial charge in [-0.1, -0.05) is 74.0 Å². The van der Waals surface area contributed by atoms with Gasteiger partial charge in [0.2, 0.25) is 0 Å². The first-order chi connectivity index (χ1) is 13.7. The lowest BCUT2D eigenvalue weighted by molar-refractivity contribution is -0.112. The Bertz CT molecular complexity index is 862. The van der Waals surface area contributed by atoms with Gasteiger partial charge >= 0.3 is 0 Å². The highest BCUT2D eigenvalue weighted by molar-refractivity contribution is 6.05. The number of hydrogen-bond acceptors (Lipinski definition) is 1. The fraction of sp³-hybridized carbons (Fsp3) is 0.346. The quantitative estimate of drug-likeness (QED) is 0.519. The number of hydrogen-bond donors (Lipinski definition) is 1. The summed E-state index contributed by atoms with van der Waals surface area (Å²) in [6.45, 7) is 4.43. The zero-order valence-electron chi connectivity index (χ0n) is 17.1. The highest BCUT2D eigenvalue weighted by Gasteiger charge is 2.17. The van der Waals surface area contributed by atoms with E-state index in [0.717, 1.165) is 49.8 Å². The molecule has 28 heavy (non-hydrogen) atoms. The van der Waals surface area contributed by atoms with Gasteiger partial charge in [0, 0.05) is 11.3 Å². The van der Waals surface area contributed by atoms with E-state index in [0.29, 0.717) is 5.92 Å². The third kappa shape index (κ3) is 5.22. The highest BCUT2D eigenvalue weighted by atomic mass is 16.1. The molecule has 1 amide bonds. The Kier molecular flexibility index (Phi) is 7.25. The lowest BCUT2D eigenvalue weighted by atomic mass is 9.87. The molecule has 0 radical (unpaired) electrons. The zero-order valence-corrected chi connectivity index (χ0v) is 17.1. The molecule has 0 spiro atoms. The first-order valence-corrected chi connectivity index (χ1v) is 10.5. The van der Waals surface area contributed by atoms with E-state index in [1.165, 1.54) is 16.7 Å². The number of benzene rings is 2. The molecule has 1 aliphatic carbocycles. The Morgan fingerprint density at radius 1 is 1.07 bits per heavy atom. The predicted octanol–water partition coefficient (Wildman–Crippen LogP) is 6.73. The molecule has 0 aliphatic heterocycles. The van der Waals surface area contributed by atoms with E-state index in [1.807, 2.05) is 30.4 Å². The monoisotopic (exact) mass is 373 g/mol. The molecular formula is C26H31NO. The van der Waals surface area contributed by atoms with Crippen LogP contribution in [0.4, 0.5) is 5.69 Å². The number of amides is 1. The standard InChI is InChI=1S/C26H31NO/c1-3-11-22(17-10-16-21-13-5-4-12-20(21)2)24-18-8-9-19-25(24)27-26(28)23-14-6-7-15-23/h4-9,12-14,18-19,22H,3,10-11,15-17H2,1-2H3,(H,27,28). The lowest BCUT2D eigenvalue weighted by Gasteiger charge is -2.21. The molecular weight excluding hydrogens is 342 g/mol. The predicted molar refractivity (Wildman–Crippen MR) is 119 cm³/mol. The minimum absolute atomic E-state index is 0.0209. The van der Waals surface area contributed by atoms with Gasteiger partial charge in [0.15, 0.2) is 0 Å². The molecule has 1 aliphatic rings. The first kappa shape index (κ1) is 20.1. The molecule has 2 aromatic carbocycles. The summed E-state index contributed by atoms with van der Waals surface area (Å²) in [5.74, 6) is 0.494. The minimum Gasteiger partial charge on any atom is -0.322 e. The summed E-state index contributed by atoms with van der Waals surface area (Å²) in [5, 5.41) is 3.16. The van der Waals surface area contributed by atoms with E-state index in [9.17, 15) is 4.79 Å². The van der Waals surface area contributed by atoms with Crippen LogP contribution in [0.1, 0.15) is 61.6 Å². The van der Waals surface area contributed by atoms with Crippen molar-refractivity contribution in [3.8, 4) is 0 Å². The van der Waals surface area contributed by atoms with Crippen LogP contribution in [0.25, 0.3) is 0 Å². The van der Waals surface area contributed by atoms with E-state index < -0.39 is 0 Å². The van der Waals surface area contributed by atoms with Crippen LogP contribution in [0.2, 0.25) is 0 Å². The van der Waals surface area contributed by atoms with E-state index in [4.69, 9.17) is 0 Å². The number of carbonyl (C=O) groups excluding carboxylic acids is 1. The molecule has 1 N–H and O–H groups in total. The summed E-state index contributed by atoms with van der Waals surface area (Å²) in [6, 6.07) is 17.0. The van der Waals surface area contributed by atoms with Gasteiger partial charge in [-0.25, -0.2) is 0 Å². The normalized spacial score (nSPS) is 14.0. The number of aryl methyl sites for hydroxylation is 2. The van der Waals surface area contributed by atoms with Gasteiger partial charge in [0.1, 0.15) is 0 Å². The van der Waals surface area contributed by atoms with Crippen molar-refractivity contribution in [1.29, 1.82) is 0 Å². The van der Waals surface area contributed by atoms with Crippen LogP contribution in [0.5, 0.6) is 0 Å². The molecule has 2 heteroatoms. The summed E-state index contributed by atoms with van der Waals surface area (Å²) in [7, 11) is 0. The number of para-hydroxylation sites is 1. The highest BCUT2D eigenvalue weighted by Crippen LogP contribution is 2.33. The zero-order chi connectivity index (χ0) is 19.8. The van der Waals surface area contributed by atoms with Gasteiger partial charge in [0.05, 0.1) is 0 Å². The molecule has 3 rings (SSSR count). The average molecular weight is 374 g/mol. The van der Waals surface area contributed by atoms with Crippen molar-refractivity contribution in [2.24, 2.45) is 0 Å². The summed E-state index contributed by atoms with van der Waals surface area (Å²) in [5.41, 5.74) is 5.89. The molecule has 0 saturated carbocycles. The summed E-state index contributed by atoms with van der Waals surface area (Å²) >= 11 is 0. The van der Waals surface area contributed by atoms with Crippen molar-refractivity contribution in [1.82, 2.24) is 0 Å². The topological polar surface area (TPSA) is 29.1 Å². The SMILES string of the molecule is CCCC(CCCc1ccccc1C)c1ccccc1NC(=O)C1=CC=CC1. The fourth-order valence-corrected chi connectivity index (χ4v) is 4.02. The van der Waals surface area contributed by atoms with Crippen LogP contribution in [0, 0.1) is 6.92 Å². The third-order valence-corrected chi connectivity index (χ3v) is 5.61. The van der Waals surface area contributed by atoms with Gasteiger partial charge in [0.25, 0.3) is 5.91 Å². The first-order valence-electron chi connectivity index (χ1n) is 10.5. The molecule has 0 fully saturated rings. The number of allylic oxidation sites excluding steroid dienone is 3. The van der Waals surface area contributed by atoms with Crippen molar-refractivity contribution >= 4 is 11.6 Å². The smallest absolute Gasteiger partial charge is 0.251 e. The lowest BCUT2D eigenvalue weighted by Crippen LogP contribution is -2.15. The van der Waals surface area contributed by atoms with Crippen LogP contribution in [0.3, 0.4) is 0 Å². The fourth-order valence-electron chi connectivity index (χ4n) is 4.02. The molecule has 1 atom stereocenters. The van der Waals surface area contributed by atoms with Gasteiger partial charge in [-0.3, -0.25) is 4.79 Å². The summed E-state index contributed by atoms with van der Waals surface area (Å²) in [4.78, 5) is 12.6. The van der Waals surface area contributed by atoms with Crippen molar-refractivity contribution < 1.29 is 4.79 Å². The Labute approximate surface area is 169 Å². The second-order valence-corrected chi connectivity index (χ2v) is 7.67. The van der Waals surface area contributed by atoms with E-state index in [-0.39, 0.29) is 5.91 Å². The summed E-state index contributed by atoms with van der Waals surface area (Å²) < 4.78 is 0. The molecule has 2 nitrogen and oxygen atoms in total. The van der Waals surface area contributed by atoms with Crippen LogP contribution in [-0.2, 0) is 11.2 Å². The third-order valence-electron chi connectivity index (χ3n) is 5.61. The molecule has 0 aromatic heterocycles. The number of carbonyl (C=O) groups is 1. The molecule has 146 valence electrons. The molecule has 2 aromatic rings. The van der Waals surface area contributed by atoms with Gasteiger partial charge in [-0.2, -0.15) is 0 Å². The maximum Gasteiger partial charge on any atom is 0.251 e. The second-order valence-electron chi connectivity index (χ2n) is 7.67. The van der Waals surface area contributed by atoms with Crippen LogP contribution >= 0.6 is 0 Å². The Morgan fingerprint density at radius 3 is 2.61 bits per heavy atom. The molecule has 1 unspecified atom stereocenters. The van der Waals surface area contributed by atoms with Crippen molar-refractivity contribution in [3.05, 3.63) is 89.0 Å². The van der Waals surface area contributed by atoms with Crippen molar-refractivity contribution in [2.75, 3.05) is 5.32 Å². The van der Waals surface area contributed by atoms with E-state index >= 15 is 0 Å². The largest absolute Gasteiger partial charge is 0.322 e. The molecule has 0 bridgehead atoms. The van der Waals surface area contributed by atoms with Gasteiger partial charge in [-0.05, 0) is 67.7 Å². The Morgan fingerprint density at radius 2 is 1.86 bits per heavy atom. The Hall–Kier alpha value is -2.61. The maximum atomic E-state index is 12.6. The molecule has 0 heterocycles. The molecule has 0 saturated heterocycles. The van der Waals surface area contributed by atoms with Gasteiger partial charge < -0.3 is 5.32 Å². The van der Waals surface area contributed by atoms with E-state index in [2.05, 4.69) is 55.6 Å². The Balaban J connectivity index is 1.69. The van der Waals surface area contributed by atoms with Crippen molar-refractivity contribution in [3.63, 3.8) is 0 Å². The van der Waals surface area contributed by atoms with Gasteiger partial charge in [-0.15, -0.1) is 0 Å². The number of anilines is 1. The number of rotatable bonds is 9. The van der Waals surface area contributed by atoms with Crippen LogP contribution in [-0.4, -0.2) is 5.91 Å². The van der Waals surface area contributed by atoms with E-state index in [1.54, 1.807) is 0 Å². The average Bonchev–Trinajstić information content (AvgIpc) is 3.24. The maximum absolute atomic E-state index is 12.6. The van der Waals surface area contributed by atoms with Crippen molar-refractivity contribution in [2.45, 2.75) is 58.3 Å². The van der Waals surface area contributed by atoms with Crippen LogP contribution < -0.4 is 5.32 Å². The number of nitrogens with one attached hydrogen (secondary N) is 1. The van der Waals surface area contributed by atoms with Crippen LogP contribution in [0.15, 0.2) is 72.3 Å². The summed E-state index contributed by atoms with van der Waals surface area (Å²) in [6.07, 6.45) is 12.3. The second kappa shape index (κ2) is 10.1. The minimum atomic E-state index is 0.0209.